The third kappa shape index (κ3) is 5.47. The molecular formula is C20H20N6O4. The molecule has 1 aromatic carbocycles. The quantitative estimate of drug-likeness (QED) is 0.470. The standard InChI is InChI=1S/C20H20N6O4/c1-2-21-20(30)26-16-8-7-14-19(25-16)24-15(11-22-14)12-3-5-13(6-4-12)23-17(27)9-10-18(28)29/h3-8,11H,2,9-10H2,1H3,(H,23,27)(H,28,29)(H2,21,24,25,26,30). The number of hydrogen-bond acceptors (Lipinski definition) is 6. The fraction of sp³-hybridized carbons (Fsp3) is 0.200. The highest BCUT2D eigenvalue weighted by Crippen LogP contribution is 2.21. The van der Waals surface area contributed by atoms with E-state index in [0.29, 0.717) is 34.9 Å². The van der Waals surface area contributed by atoms with Crippen molar-refractivity contribution in [1.82, 2.24) is 20.3 Å². The highest BCUT2D eigenvalue weighted by Gasteiger charge is 2.09. The van der Waals surface area contributed by atoms with Gasteiger partial charge in [-0.2, -0.15) is 0 Å². The Kier molecular flexibility index (Phi) is 6.48. The lowest BCUT2D eigenvalue weighted by atomic mass is 10.1. The molecule has 3 aromatic rings. The van der Waals surface area contributed by atoms with E-state index in [4.69, 9.17) is 5.11 Å². The predicted molar refractivity (Wildman–Crippen MR) is 111 cm³/mol. The van der Waals surface area contributed by atoms with Crippen molar-refractivity contribution in [3.8, 4) is 11.3 Å². The largest absolute Gasteiger partial charge is 0.481 e. The van der Waals surface area contributed by atoms with E-state index in [9.17, 15) is 14.4 Å². The van der Waals surface area contributed by atoms with E-state index in [1.807, 2.05) is 6.92 Å². The molecule has 0 aliphatic heterocycles. The van der Waals surface area contributed by atoms with Gasteiger partial charge >= 0.3 is 12.0 Å². The molecule has 10 nitrogen and oxygen atoms in total. The molecule has 3 amide bonds. The van der Waals surface area contributed by atoms with Gasteiger partial charge in [-0.15, -0.1) is 0 Å². The maximum absolute atomic E-state index is 11.7. The molecule has 30 heavy (non-hydrogen) atoms. The molecule has 0 saturated heterocycles. The maximum Gasteiger partial charge on any atom is 0.320 e. The van der Waals surface area contributed by atoms with Gasteiger partial charge in [-0.1, -0.05) is 12.1 Å². The van der Waals surface area contributed by atoms with Crippen LogP contribution in [0.4, 0.5) is 16.3 Å². The number of amides is 3. The van der Waals surface area contributed by atoms with Crippen LogP contribution in [0, 0.1) is 0 Å². The molecule has 154 valence electrons. The van der Waals surface area contributed by atoms with E-state index in [-0.39, 0.29) is 24.8 Å². The summed E-state index contributed by atoms with van der Waals surface area (Å²) >= 11 is 0. The number of benzene rings is 1. The van der Waals surface area contributed by atoms with E-state index >= 15 is 0 Å². The first kappa shape index (κ1) is 20.6. The molecule has 3 rings (SSSR count). The molecule has 0 unspecified atom stereocenters. The van der Waals surface area contributed by atoms with Crippen molar-refractivity contribution >= 4 is 40.6 Å². The van der Waals surface area contributed by atoms with Crippen molar-refractivity contribution in [3.05, 3.63) is 42.6 Å². The Bertz CT molecular complexity index is 1080. The first-order valence-electron chi connectivity index (χ1n) is 9.25. The number of rotatable bonds is 7. The number of pyridine rings is 1. The third-order valence-electron chi connectivity index (χ3n) is 4.02. The van der Waals surface area contributed by atoms with Gasteiger partial charge in [-0.3, -0.25) is 19.9 Å². The average Bonchev–Trinajstić information content (AvgIpc) is 2.72. The predicted octanol–water partition coefficient (Wildman–Crippen LogP) is 2.64. The average molecular weight is 408 g/mol. The molecule has 0 atom stereocenters. The zero-order valence-electron chi connectivity index (χ0n) is 16.2. The molecule has 2 aromatic heterocycles. The molecule has 0 aliphatic carbocycles. The molecule has 0 spiro atoms. The summed E-state index contributed by atoms with van der Waals surface area (Å²) in [5.74, 6) is -1.03. The fourth-order valence-electron chi connectivity index (χ4n) is 2.60. The number of anilines is 2. The first-order chi connectivity index (χ1) is 14.4. The molecule has 0 aliphatic rings. The molecule has 0 fully saturated rings. The zero-order valence-corrected chi connectivity index (χ0v) is 16.2. The molecule has 0 radical (unpaired) electrons. The van der Waals surface area contributed by atoms with Crippen molar-refractivity contribution in [2.24, 2.45) is 0 Å². The summed E-state index contributed by atoms with van der Waals surface area (Å²) in [6, 6.07) is 9.93. The Balaban J connectivity index is 1.74. The van der Waals surface area contributed by atoms with Gasteiger partial charge in [0.25, 0.3) is 0 Å². The van der Waals surface area contributed by atoms with Crippen LogP contribution in [0.15, 0.2) is 42.6 Å². The van der Waals surface area contributed by atoms with Gasteiger partial charge in [-0.25, -0.2) is 14.8 Å². The number of carbonyl (C=O) groups is 3. The number of hydrogen-bond donors (Lipinski definition) is 4. The number of aromatic nitrogens is 3. The first-order valence-corrected chi connectivity index (χ1v) is 9.25. The molecule has 10 heteroatoms. The van der Waals surface area contributed by atoms with Gasteiger partial charge in [0.05, 0.1) is 18.3 Å². The van der Waals surface area contributed by atoms with Gasteiger partial charge in [0.15, 0.2) is 5.65 Å². The minimum atomic E-state index is -1.02. The summed E-state index contributed by atoms with van der Waals surface area (Å²) < 4.78 is 0. The minimum absolute atomic E-state index is 0.0917. The number of carboxylic acids is 1. The van der Waals surface area contributed by atoms with E-state index in [2.05, 4.69) is 30.9 Å². The zero-order chi connectivity index (χ0) is 21.5. The second kappa shape index (κ2) is 9.41. The summed E-state index contributed by atoms with van der Waals surface area (Å²) in [5.41, 5.74) is 2.86. The monoisotopic (exact) mass is 408 g/mol. The number of aliphatic carboxylic acids is 1. The van der Waals surface area contributed by atoms with Crippen LogP contribution in [0.25, 0.3) is 22.4 Å². The van der Waals surface area contributed by atoms with Crippen LogP contribution >= 0.6 is 0 Å². The lowest BCUT2D eigenvalue weighted by Gasteiger charge is -2.08. The van der Waals surface area contributed by atoms with Crippen LogP contribution in [-0.4, -0.2) is 44.5 Å². The number of nitrogens with one attached hydrogen (secondary N) is 3. The number of fused-ring (bicyclic) bond motifs is 1. The van der Waals surface area contributed by atoms with Gasteiger partial charge in [0.1, 0.15) is 11.3 Å². The van der Waals surface area contributed by atoms with E-state index < -0.39 is 5.97 Å². The normalized spacial score (nSPS) is 10.4. The lowest BCUT2D eigenvalue weighted by Crippen LogP contribution is -2.28. The number of nitrogens with zero attached hydrogens (tertiary/aromatic N) is 3. The van der Waals surface area contributed by atoms with Gasteiger partial charge in [-0.05, 0) is 31.2 Å². The van der Waals surface area contributed by atoms with Gasteiger partial charge < -0.3 is 15.7 Å². The van der Waals surface area contributed by atoms with Crippen molar-refractivity contribution in [2.75, 3.05) is 17.2 Å². The number of carbonyl (C=O) groups excluding carboxylic acids is 2. The van der Waals surface area contributed by atoms with Crippen LogP contribution in [0.5, 0.6) is 0 Å². The highest BCUT2D eigenvalue weighted by molar-refractivity contribution is 5.92. The van der Waals surface area contributed by atoms with Crippen molar-refractivity contribution in [1.29, 1.82) is 0 Å². The summed E-state index contributed by atoms with van der Waals surface area (Å²) in [5, 5.41) is 16.5. The Morgan fingerprint density at radius 2 is 1.73 bits per heavy atom. The minimum Gasteiger partial charge on any atom is -0.481 e. The van der Waals surface area contributed by atoms with E-state index in [1.165, 1.54) is 0 Å². The molecular weight excluding hydrogens is 388 g/mol. The lowest BCUT2D eigenvalue weighted by molar-refractivity contribution is -0.138. The third-order valence-corrected chi connectivity index (χ3v) is 4.02. The molecule has 2 heterocycles. The van der Waals surface area contributed by atoms with Crippen LogP contribution in [0.1, 0.15) is 19.8 Å². The summed E-state index contributed by atoms with van der Waals surface area (Å²) in [6.07, 6.45) is 1.30. The van der Waals surface area contributed by atoms with Crippen LogP contribution in [-0.2, 0) is 9.59 Å². The summed E-state index contributed by atoms with van der Waals surface area (Å²) in [6.45, 7) is 2.32. The SMILES string of the molecule is CCNC(=O)Nc1ccc2ncc(-c3ccc(NC(=O)CCC(=O)O)cc3)nc2n1. The smallest absolute Gasteiger partial charge is 0.320 e. The van der Waals surface area contributed by atoms with E-state index in [1.54, 1.807) is 42.6 Å². The van der Waals surface area contributed by atoms with Crippen LogP contribution < -0.4 is 16.0 Å². The second-order valence-electron chi connectivity index (χ2n) is 6.30. The molecule has 4 N–H and O–H groups in total. The van der Waals surface area contributed by atoms with E-state index in [0.717, 1.165) is 5.56 Å². The highest BCUT2D eigenvalue weighted by atomic mass is 16.4. The van der Waals surface area contributed by atoms with Crippen molar-refractivity contribution in [3.63, 3.8) is 0 Å². The van der Waals surface area contributed by atoms with Crippen LogP contribution in [0.3, 0.4) is 0 Å². The summed E-state index contributed by atoms with van der Waals surface area (Å²) in [7, 11) is 0. The number of carboxylic acid groups (broad SMARTS) is 1. The Hall–Kier alpha value is -4.08. The second-order valence-corrected chi connectivity index (χ2v) is 6.30. The van der Waals surface area contributed by atoms with Gasteiger partial charge in [0, 0.05) is 24.2 Å². The van der Waals surface area contributed by atoms with Crippen LogP contribution in [0.2, 0.25) is 0 Å². The topological polar surface area (TPSA) is 146 Å². The molecule has 0 saturated carbocycles. The Morgan fingerprint density at radius 1 is 0.967 bits per heavy atom. The summed E-state index contributed by atoms with van der Waals surface area (Å²) in [4.78, 5) is 47.1. The van der Waals surface area contributed by atoms with Crippen molar-refractivity contribution in [2.45, 2.75) is 19.8 Å². The van der Waals surface area contributed by atoms with Crippen molar-refractivity contribution < 1.29 is 19.5 Å². The number of urea groups is 1. The Morgan fingerprint density at radius 3 is 2.43 bits per heavy atom. The molecule has 0 bridgehead atoms. The Labute approximate surface area is 171 Å². The van der Waals surface area contributed by atoms with Gasteiger partial charge in [0.2, 0.25) is 5.91 Å². The maximum atomic E-state index is 11.7. The fourth-order valence-corrected chi connectivity index (χ4v) is 2.60.